The molecule has 2 aromatic rings. The van der Waals surface area contributed by atoms with Crippen LogP contribution in [0, 0.1) is 0 Å². The highest BCUT2D eigenvalue weighted by atomic mass is 15.6. The van der Waals surface area contributed by atoms with Gasteiger partial charge in [0.1, 0.15) is 0 Å². The number of benzene rings is 2. The molecule has 0 atom stereocenters. The molecule has 0 aromatic heterocycles. The molecule has 102 valence electrons. The van der Waals surface area contributed by atoms with Crippen molar-refractivity contribution in [3.63, 3.8) is 0 Å². The Hall–Kier alpha value is -1.96. The summed E-state index contributed by atoms with van der Waals surface area (Å²) < 4.78 is 0. The minimum absolute atomic E-state index is 1.13. The number of hydrogen-bond acceptors (Lipinski definition) is 2. The Morgan fingerprint density at radius 1 is 0.600 bits per heavy atom. The van der Waals surface area contributed by atoms with E-state index in [0.717, 1.165) is 13.1 Å². The van der Waals surface area contributed by atoms with E-state index in [2.05, 4.69) is 58.5 Å². The predicted molar refractivity (Wildman–Crippen MR) is 84.2 cm³/mol. The first kappa shape index (κ1) is 11.8. The van der Waals surface area contributed by atoms with Crippen LogP contribution in [0.15, 0.2) is 48.5 Å². The molecule has 2 aliphatic rings. The summed E-state index contributed by atoms with van der Waals surface area (Å²) in [6.45, 7) is 2.26. The van der Waals surface area contributed by atoms with E-state index >= 15 is 0 Å². The first-order valence-corrected chi connectivity index (χ1v) is 7.64. The fourth-order valence-corrected chi connectivity index (χ4v) is 3.53. The van der Waals surface area contributed by atoms with Gasteiger partial charge in [0, 0.05) is 13.1 Å². The van der Waals surface area contributed by atoms with E-state index in [1.165, 1.54) is 48.2 Å². The molecular weight excluding hydrogens is 244 g/mol. The molecule has 0 N–H and O–H groups in total. The molecule has 0 amide bonds. The van der Waals surface area contributed by atoms with Crippen molar-refractivity contribution in [1.82, 2.24) is 0 Å². The van der Waals surface area contributed by atoms with Crippen molar-refractivity contribution < 1.29 is 0 Å². The Kier molecular flexibility index (Phi) is 2.87. The van der Waals surface area contributed by atoms with Crippen LogP contribution in [-0.2, 0) is 12.8 Å². The molecule has 0 radical (unpaired) electrons. The van der Waals surface area contributed by atoms with E-state index in [1.807, 2.05) is 0 Å². The van der Waals surface area contributed by atoms with Crippen molar-refractivity contribution in [2.24, 2.45) is 0 Å². The molecule has 2 aliphatic heterocycles. The molecule has 0 spiro atoms. The second-order valence-electron chi connectivity index (χ2n) is 5.71. The molecule has 2 heteroatoms. The molecule has 2 nitrogen and oxygen atoms in total. The zero-order valence-corrected chi connectivity index (χ0v) is 11.8. The van der Waals surface area contributed by atoms with Crippen LogP contribution >= 0.6 is 0 Å². The fraction of sp³-hybridized carbons (Fsp3) is 0.333. The summed E-state index contributed by atoms with van der Waals surface area (Å²) in [7, 11) is 0. The van der Waals surface area contributed by atoms with Crippen LogP contribution in [0.4, 0.5) is 11.4 Å². The number of aryl methyl sites for hydroxylation is 2. The number of fused-ring (bicyclic) bond motifs is 2. The van der Waals surface area contributed by atoms with Crippen molar-refractivity contribution in [3.8, 4) is 0 Å². The van der Waals surface area contributed by atoms with Gasteiger partial charge in [-0.3, -0.25) is 10.0 Å². The first-order valence-electron chi connectivity index (χ1n) is 7.64. The quantitative estimate of drug-likeness (QED) is 0.773. The van der Waals surface area contributed by atoms with Gasteiger partial charge in [-0.2, -0.15) is 0 Å². The van der Waals surface area contributed by atoms with Gasteiger partial charge in [0.25, 0.3) is 0 Å². The van der Waals surface area contributed by atoms with E-state index in [0.29, 0.717) is 0 Å². The van der Waals surface area contributed by atoms with Gasteiger partial charge in [-0.1, -0.05) is 36.4 Å². The zero-order chi connectivity index (χ0) is 13.4. The number of hydrazine groups is 1. The predicted octanol–water partition coefficient (Wildman–Crippen LogP) is 3.81. The van der Waals surface area contributed by atoms with Crippen LogP contribution in [-0.4, -0.2) is 13.1 Å². The minimum Gasteiger partial charge on any atom is -0.285 e. The average molecular weight is 264 g/mol. The lowest BCUT2D eigenvalue weighted by atomic mass is 10.0. The third kappa shape index (κ3) is 1.87. The van der Waals surface area contributed by atoms with Gasteiger partial charge in [0.15, 0.2) is 0 Å². The first-order chi connectivity index (χ1) is 9.93. The topological polar surface area (TPSA) is 6.48 Å². The van der Waals surface area contributed by atoms with Gasteiger partial charge in [0.05, 0.1) is 11.4 Å². The molecule has 0 unspecified atom stereocenters. The summed E-state index contributed by atoms with van der Waals surface area (Å²) in [5.41, 5.74) is 5.77. The van der Waals surface area contributed by atoms with Gasteiger partial charge < -0.3 is 0 Å². The van der Waals surface area contributed by atoms with Crippen molar-refractivity contribution in [3.05, 3.63) is 59.7 Å². The van der Waals surface area contributed by atoms with Crippen molar-refractivity contribution in [2.45, 2.75) is 25.7 Å². The number of rotatable bonds is 1. The summed E-state index contributed by atoms with van der Waals surface area (Å²) in [6.07, 6.45) is 4.91. The Labute approximate surface area is 120 Å². The van der Waals surface area contributed by atoms with Crippen LogP contribution in [0.5, 0.6) is 0 Å². The second-order valence-corrected chi connectivity index (χ2v) is 5.71. The number of para-hydroxylation sites is 2. The lowest BCUT2D eigenvalue weighted by molar-refractivity contribution is 0.612. The van der Waals surface area contributed by atoms with E-state index < -0.39 is 0 Å². The van der Waals surface area contributed by atoms with Gasteiger partial charge in [-0.05, 0) is 48.9 Å². The third-order valence-electron chi connectivity index (χ3n) is 4.46. The number of anilines is 2. The van der Waals surface area contributed by atoms with Crippen LogP contribution in [0.25, 0.3) is 0 Å². The van der Waals surface area contributed by atoms with Crippen LogP contribution in [0.2, 0.25) is 0 Å². The zero-order valence-electron chi connectivity index (χ0n) is 11.8. The molecule has 2 heterocycles. The normalized spacial score (nSPS) is 17.6. The number of hydrogen-bond donors (Lipinski definition) is 0. The van der Waals surface area contributed by atoms with E-state index in [9.17, 15) is 0 Å². The lowest BCUT2D eigenvalue weighted by Gasteiger charge is -2.44. The van der Waals surface area contributed by atoms with Crippen molar-refractivity contribution in [2.75, 3.05) is 23.1 Å². The highest BCUT2D eigenvalue weighted by Gasteiger charge is 2.25. The number of nitrogens with zero attached hydrogens (tertiary/aromatic N) is 2. The fourth-order valence-electron chi connectivity index (χ4n) is 3.53. The Morgan fingerprint density at radius 3 is 1.55 bits per heavy atom. The van der Waals surface area contributed by atoms with E-state index in [1.54, 1.807) is 0 Å². The van der Waals surface area contributed by atoms with Crippen LogP contribution < -0.4 is 10.0 Å². The Morgan fingerprint density at radius 2 is 1.05 bits per heavy atom. The molecule has 0 saturated heterocycles. The molecule has 0 fully saturated rings. The maximum atomic E-state index is 2.50. The second kappa shape index (κ2) is 4.86. The lowest BCUT2D eigenvalue weighted by Crippen LogP contribution is -2.48. The van der Waals surface area contributed by atoms with Crippen molar-refractivity contribution >= 4 is 11.4 Å². The van der Waals surface area contributed by atoms with Gasteiger partial charge in [-0.25, -0.2) is 0 Å². The summed E-state index contributed by atoms with van der Waals surface area (Å²) >= 11 is 0. The molecule has 0 aliphatic carbocycles. The monoisotopic (exact) mass is 264 g/mol. The standard InChI is InChI=1S/C18H20N2/c1-3-11-17-15(7-1)9-5-13-19(17)20-14-6-10-16-8-2-4-12-18(16)20/h1-4,7-8,11-12H,5-6,9-10,13-14H2. The SMILES string of the molecule is c1ccc2c(c1)CCCN2N1CCCc2ccccc21. The third-order valence-corrected chi connectivity index (χ3v) is 4.46. The van der Waals surface area contributed by atoms with E-state index in [-0.39, 0.29) is 0 Å². The Balaban J connectivity index is 1.77. The molecule has 0 bridgehead atoms. The molecule has 20 heavy (non-hydrogen) atoms. The molecule has 0 saturated carbocycles. The smallest absolute Gasteiger partial charge is 0.0606 e. The summed E-state index contributed by atoms with van der Waals surface area (Å²) in [4.78, 5) is 0. The van der Waals surface area contributed by atoms with Crippen LogP contribution in [0.3, 0.4) is 0 Å². The van der Waals surface area contributed by atoms with E-state index in [4.69, 9.17) is 0 Å². The Bertz CT molecular complexity index is 565. The summed E-state index contributed by atoms with van der Waals surface area (Å²) in [5, 5.41) is 4.99. The van der Waals surface area contributed by atoms with Gasteiger partial charge >= 0.3 is 0 Å². The minimum atomic E-state index is 1.13. The molecule has 4 rings (SSSR count). The highest BCUT2D eigenvalue weighted by molar-refractivity contribution is 5.65. The molecule has 2 aromatic carbocycles. The van der Waals surface area contributed by atoms with Crippen LogP contribution in [0.1, 0.15) is 24.0 Å². The maximum Gasteiger partial charge on any atom is 0.0606 e. The highest BCUT2D eigenvalue weighted by Crippen LogP contribution is 2.34. The summed E-state index contributed by atoms with van der Waals surface area (Å²) in [5.74, 6) is 0. The largest absolute Gasteiger partial charge is 0.285 e. The van der Waals surface area contributed by atoms with Gasteiger partial charge in [0.2, 0.25) is 0 Å². The van der Waals surface area contributed by atoms with Gasteiger partial charge in [-0.15, -0.1) is 0 Å². The maximum absolute atomic E-state index is 2.50. The summed E-state index contributed by atoms with van der Waals surface area (Å²) in [6, 6.07) is 17.7. The average Bonchev–Trinajstić information content (AvgIpc) is 2.54. The molecular formula is C18H20N2. The van der Waals surface area contributed by atoms with Crippen molar-refractivity contribution in [1.29, 1.82) is 0 Å².